The van der Waals surface area contributed by atoms with E-state index in [-0.39, 0.29) is 11.8 Å². The first kappa shape index (κ1) is 17.7. The van der Waals surface area contributed by atoms with Gasteiger partial charge in [-0.1, -0.05) is 35.9 Å². The molecule has 0 saturated heterocycles. The summed E-state index contributed by atoms with van der Waals surface area (Å²) in [6, 6.07) is 16.0. The normalized spacial score (nSPS) is 10.4. The minimum absolute atomic E-state index is 0.0611. The third-order valence-electron chi connectivity index (χ3n) is 3.82. The fraction of sp³-hybridized carbons (Fsp3) is 0.105. The SMILES string of the molecule is CNC(=O)Cc1ccc(NC(=O)c2cc(-c3ccc(Cl)cc3)n[nH]2)cc1. The number of hydrogen-bond donors (Lipinski definition) is 3. The van der Waals surface area contributed by atoms with Crippen molar-refractivity contribution in [2.24, 2.45) is 0 Å². The highest BCUT2D eigenvalue weighted by Crippen LogP contribution is 2.20. The van der Waals surface area contributed by atoms with Crippen molar-refractivity contribution in [1.82, 2.24) is 15.5 Å². The number of anilines is 1. The lowest BCUT2D eigenvalue weighted by Crippen LogP contribution is -2.19. The average Bonchev–Trinajstić information content (AvgIpc) is 3.14. The van der Waals surface area contributed by atoms with Crippen molar-refractivity contribution in [3.8, 4) is 11.3 Å². The van der Waals surface area contributed by atoms with Crippen molar-refractivity contribution < 1.29 is 9.59 Å². The molecular weight excluding hydrogens is 352 g/mol. The van der Waals surface area contributed by atoms with Crippen LogP contribution in [0.3, 0.4) is 0 Å². The molecule has 0 bridgehead atoms. The lowest BCUT2D eigenvalue weighted by molar-refractivity contribution is -0.119. The molecule has 1 aromatic heterocycles. The topological polar surface area (TPSA) is 86.9 Å². The van der Waals surface area contributed by atoms with Crippen LogP contribution in [0.2, 0.25) is 5.02 Å². The average molecular weight is 369 g/mol. The number of aromatic amines is 1. The summed E-state index contributed by atoms with van der Waals surface area (Å²) in [6.45, 7) is 0. The molecule has 3 aromatic rings. The van der Waals surface area contributed by atoms with Crippen molar-refractivity contribution in [2.75, 3.05) is 12.4 Å². The van der Waals surface area contributed by atoms with Crippen LogP contribution in [0.25, 0.3) is 11.3 Å². The molecule has 1 heterocycles. The summed E-state index contributed by atoms with van der Waals surface area (Å²) in [5.41, 5.74) is 3.38. The van der Waals surface area contributed by atoms with E-state index in [0.29, 0.717) is 28.5 Å². The van der Waals surface area contributed by atoms with Gasteiger partial charge in [-0.15, -0.1) is 0 Å². The molecule has 7 heteroatoms. The molecule has 132 valence electrons. The molecule has 2 aromatic carbocycles. The van der Waals surface area contributed by atoms with Gasteiger partial charge in [0.25, 0.3) is 5.91 Å². The van der Waals surface area contributed by atoms with Crippen LogP contribution in [0.15, 0.2) is 54.6 Å². The highest BCUT2D eigenvalue weighted by molar-refractivity contribution is 6.30. The number of benzene rings is 2. The Bertz CT molecular complexity index is 917. The minimum atomic E-state index is -0.295. The number of aromatic nitrogens is 2. The Balaban J connectivity index is 1.66. The van der Waals surface area contributed by atoms with Crippen LogP contribution < -0.4 is 10.6 Å². The molecule has 26 heavy (non-hydrogen) atoms. The van der Waals surface area contributed by atoms with Crippen molar-refractivity contribution in [3.63, 3.8) is 0 Å². The Morgan fingerprint density at radius 2 is 1.77 bits per heavy atom. The predicted molar refractivity (Wildman–Crippen MR) is 101 cm³/mol. The molecule has 3 N–H and O–H groups in total. The maximum absolute atomic E-state index is 12.4. The Morgan fingerprint density at radius 1 is 1.08 bits per heavy atom. The number of carbonyl (C=O) groups excluding carboxylic acids is 2. The van der Waals surface area contributed by atoms with E-state index >= 15 is 0 Å². The summed E-state index contributed by atoms with van der Waals surface area (Å²) in [5.74, 6) is -0.356. The van der Waals surface area contributed by atoms with Crippen molar-refractivity contribution in [2.45, 2.75) is 6.42 Å². The fourth-order valence-corrected chi connectivity index (χ4v) is 2.51. The minimum Gasteiger partial charge on any atom is -0.359 e. The molecular formula is C19H17ClN4O2. The lowest BCUT2D eigenvalue weighted by atomic mass is 10.1. The smallest absolute Gasteiger partial charge is 0.273 e. The Morgan fingerprint density at radius 3 is 2.42 bits per heavy atom. The second-order valence-corrected chi connectivity index (χ2v) is 6.11. The first-order valence-electron chi connectivity index (χ1n) is 7.97. The number of nitrogens with zero attached hydrogens (tertiary/aromatic N) is 1. The van der Waals surface area contributed by atoms with Gasteiger partial charge in [-0.05, 0) is 35.9 Å². The van der Waals surface area contributed by atoms with Gasteiger partial charge in [0, 0.05) is 23.3 Å². The van der Waals surface area contributed by atoms with Gasteiger partial charge in [0.15, 0.2) is 0 Å². The van der Waals surface area contributed by atoms with Crippen molar-refractivity contribution >= 4 is 29.1 Å². The van der Waals surface area contributed by atoms with Gasteiger partial charge in [-0.2, -0.15) is 5.10 Å². The summed E-state index contributed by atoms with van der Waals surface area (Å²) >= 11 is 5.88. The van der Waals surface area contributed by atoms with Crippen molar-refractivity contribution in [3.05, 3.63) is 70.9 Å². The van der Waals surface area contributed by atoms with Gasteiger partial charge >= 0.3 is 0 Å². The zero-order chi connectivity index (χ0) is 18.5. The Kier molecular flexibility index (Phi) is 5.34. The second-order valence-electron chi connectivity index (χ2n) is 5.67. The van der Waals surface area contributed by atoms with E-state index in [1.54, 1.807) is 49.5 Å². The molecule has 0 atom stereocenters. The lowest BCUT2D eigenvalue weighted by Gasteiger charge is -2.05. The number of carbonyl (C=O) groups is 2. The molecule has 0 aliphatic rings. The molecule has 6 nitrogen and oxygen atoms in total. The monoisotopic (exact) mass is 368 g/mol. The summed E-state index contributed by atoms with van der Waals surface area (Å²) in [7, 11) is 1.60. The number of amides is 2. The van der Waals surface area contributed by atoms with Crippen LogP contribution in [-0.2, 0) is 11.2 Å². The van der Waals surface area contributed by atoms with E-state index in [1.807, 2.05) is 12.1 Å². The number of rotatable bonds is 5. The van der Waals surface area contributed by atoms with E-state index in [2.05, 4.69) is 20.8 Å². The standard InChI is InChI=1S/C19H17ClN4O2/c1-21-18(25)10-12-2-8-15(9-3-12)22-19(26)17-11-16(23-24-17)13-4-6-14(20)7-5-13/h2-9,11H,10H2,1H3,(H,21,25)(H,22,26)(H,23,24). The zero-order valence-electron chi connectivity index (χ0n) is 14.0. The van der Waals surface area contributed by atoms with E-state index < -0.39 is 0 Å². The maximum atomic E-state index is 12.4. The first-order chi connectivity index (χ1) is 12.5. The molecule has 0 saturated carbocycles. The van der Waals surface area contributed by atoms with Crippen LogP contribution >= 0.6 is 11.6 Å². The molecule has 0 spiro atoms. The summed E-state index contributed by atoms with van der Waals surface area (Å²) in [6.07, 6.45) is 0.301. The van der Waals surface area contributed by atoms with E-state index in [9.17, 15) is 9.59 Å². The summed E-state index contributed by atoms with van der Waals surface area (Å²) in [4.78, 5) is 23.7. The number of halogens is 1. The predicted octanol–water partition coefficient (Wildman–Crippen LogP) is 3.27. The third-order valence-corrected chi connectivity index (χ3v) is 4.07. The summed E-state index contributed by atoms with van der Waals surface area (Å²) < 4.78 is 0. The van der Waals surface area contributed by atoms with Crippen LogP contribution in [0.1, 0.15) is 16.1 Å². The van der Waals surface area contributed by atoms with Gasteiger partial charge in [-0.3, -0.25) is 14.7 Å². The summed E-state index contributed by atoms with van der Waals surface area (Å²) in [5, 5.41) is 12.9. The number of likely N-dealkylation sites (N-methyl/N-ethyl adjacent to an activating group) is 1. The molecule has 2 amide bonds. The quantitative estimate of drug-likeness (QED) is 0.646. The van der Waals surface area contributed by atoms with Crippen LogP contribution in [0.4, 0.5) is 5.69 Å². The zero-order valence-corrected chi connectivity index (χ0v) is 14.8. The Hall–Kier alpha value is -3.12. The fourth-order valence-electron chi connectivity index (χ4n) is 2.38. The van der Waals surface area contributed by atoms with Crippen molar-refractivity contribution in [1.29, 1.82) is 0 Å². The van der Waals surface area contributed by atoms with E-state index in [4.69, 9.17) is 11.6 Å². The van der Waals surface area contributed by atoms with Gasteiger partial charge in [0.2, 0.25) is 5.91 Å². The number of hydrogen-bond acceptors (Lipinski definition) is 3. The highest BCUT2D eigenvalue weighted by Gasteiger charge is 2.11. The van der Waals surface area contributed by atoms with E-state index in [1.165, 1.54) is 0 Å². The van der Waals surface area contributed by atoms with Gasteiger partial charge in [-0.25, -0.2) is 0 Å². The Labute approximate surface area is 155 Å². The molecule has 3 rings (SSSR count). The van der Waals surface area contributed by atoms with Gasteiger partial charge < -0.3 is 10.6 Å². The first-order valence-corrected chi connectivity index (χ1v) is 8.35. The third kappa shape index (κ3) is 4.29. The molecule has 0 unspecified atom stereocenters. The molecule has 0 aliphatic carbocycles. The van der Waals surface area contributed by atoms with Crippen LogP contribution in [0, 0.1) is 0 Å². The second kappa shape index (κ2) is 7.84. The van der Waals surface area contributed by atoms with Gasteiger partial charge in [0.1, 0.15) is 5.69 Å². The van der Waals surface area contributed by atoms with Gasteiger partial charge in [0.05, 0.1) is 12.1 Å². The van der Waals surface area contributed by atoms with E-state index in [0.717, 1.165) is 11.1 Å². The number of H-pyrrole nitrogens is 1. The maximum Gasteiger partial charge on any atom is 0.273 e. The largest absolute Gasteiger partial charge is 0.359 e. The molecule has 0 aliphatic heterocycles. The molecule has 0 radical (unpaired) electrons. The number of nitrogens with one attached hydrogen (secondary N) is 3. The van der Waals surface area contributed by atoms with Crippen LogP contribution in [0.5, 0.6) is 0 Å². The molecule has 0 fully saturated rings. The van der Waals surface area contributed by atoms with Crippen LogP contribution in [-0.4, -0.2) is 29.1 Å². The highest BCUT2D eigenvalue weighted by atomic mass is 35.5.